The molecule has 0 radical (unpaired) electrons. The number of ketones is 1. The number of rotatable bonds is 4. The maximum atomic E-state index is 10.8. The fourth-order valence-electron chi connectivity index (χ4n) is 0.513. The molecule has 0 rings (SSSR count). The van der Waals surface area contributed by atoms with Crippen LogP contribution in [0.25, 0.3) is 0 Å². The summed E-state index contributed by atoms with van der Waals surface area (Å²) in [6.07, 6.45) is -0.0914. The summed E-state index contributed by atoms with van der Waals surface area (Å²) in [7, 11) is 0. The summed E-state index contributed by atoms with van der Waals surface area (Å²) in [6.45, 7) is 6.36. The second-order valence-electron chi connectivity index (χ2n) is 2.61. The Labute approximate surface area is 76.6 Å². The van der Waals surface area contributed by atoms with Crippen LogP contribution in [-0.2, 0) is 19.1 Å². The van der Waals surface area contributed by atoms with Crippen LogP contribution in [-0.4, -0.2) is 17.7 Å². The molecular formula is C9H12O4. The van der Waals surface area contributed by atoms with Crippen LogP contribution in [0.2, 0.25) is 0 Å². The molecule has 0 aromatic rings. The molecule has 0 atom stereocenters. The molecule has 4 heteroatoms. The fraction of sp³-hybridized carbons (Fsp3) is 0.444. The average molecular weight is 184 g/mol. The molecule has 0 fully saturated rings. The topological polar surface area (TPSA) is 60.4 Å². The van der Waals surface area contributed by atoms with Gasteiger partial charge in [-0.15, -0.1) is 0 Å². The van der Waals surface area contributed by atoms with Crippen molar-refractivity contribution in [2.45, 2.75) is 26.7 Å². The van der Waals surface area contributed by atoms with Gasteiger partial charge in [0.05, 0.1) is 0 Å². The van der Waals surface area contributed by atoms with Crippen molar-refractivity contribution in [2.24, 2.45) is 0 Å². The second-order valence-corrected chi connectivity index (χ2v) is 2.61. The van der Waals surface area contributed by atoms with E-state index in [1.807, 2.05) is 0 Å². The standard InChI is InChI=1S/C9H12O4/c1-4-7(10)5-8(11)13-9(12)6(2)3/h2,4-5H2,1,3H3. The van der Waals surface area contributed by atoms with Gasteiger partial charge in [0.2, 0.25) is 0 Å². The van der Waals surface area contributed by atoms with Gasteiger partial charge in [0, 0.05) is 12.0 Å². The molecule has 0 bridgehead atoms. The Morgan fingerprint density at radius 2 is 1.85 bits per heavy atom. The van der Waals surface area contributed by atoms with Crippen molar-refractivity contribution in [3.8, 4) is 0 Å². The Morgan fingerprint density at radius 1 is 1.31 bits per heavy atom. The zero-order valence-corrected chi connectivity index (χ0v) is 7.75. The minimum atomic E-state index is -0.820. The van der Waals surface area contributed by atoms with E-state index in [0.29, 0.717) is 0 Å². The van der Waals surface area contributed by atoms with Crippen LogP contribution in [0.5, 0.6) is 0 Å². The third-order valence-electron chi connectivity index (χ3n) is 1.29. The number of carbonyl (C=O) groups excluding carboxylic acids is 3. The first kappa shape index (κ1) is 11.6. The Hall–Kier alpha value is -1.45. The monoisotopic (exact) mass is 184 g/mol. The molecule has 0 unspecified atom stereocenters. The quantitative estimate of drug-likeness (QED) is 0.371. The van der Waals surface area contributed by atoms with Gasteiger partial charge in [0.15, 0.2) is 0 Å². The van der Waals surface area contributed by atoms with Gasteiger partial charge in [-0.25, -0.2) is 4.79 Å². The summed E-state index contributed by atoms with van der Waals surface area (Å²) in [5.41, 5.74) is 0.136. The normalized spacial score (nSPS) is 9.08. The van der Waals surface area contributed by atoms with Crippen molar-refractivity contribution in [2.75, 3.05) is 0 Å². The summed E-state index contributed by atoms with van der Waals surface area (Å²) >= 11 is 0. The van der Waals surface area contributed by atoms with E-state index in [2.05, 4.69) is 11.3 Å². The van der Waals surface area contributed by atoms with Crippen molar-refractivity contribution in [3.63, 3.8) is 0 Å². The van der Waals surface area contributed by atoms with E-state index >= 15 is 0 Å². The second kappa shape index (κ2) is 5.24. The molecule has 0 saturated carbocycles. The van der Waals surface area contributed by atoms with Crippen molar-refractivity contribution >= 4 is 17.7 Å². The molecule has 0 aromatic heterocycles. The molecule has 0 N–H and O–H groups in total. The molecule has 0 aliphatic carbocycles. The number of hydrogen-bond donors (Lipinski definition) is 0. The molecule has 72 valence electrons. The van der Waals surface area contributed by atoms with Crippen LogP contribution in [0.1, 0.15) is 26.7 Å². The van der Waals surface area contributed by atoms with Gasteiger partial charge in [0.1, 0.15) is 12.2 Å². The molecule has 0 heterocycles. The highest BCUT2D eigenvalue weighted by atomic mass is 16.6. The van der Waals surface area contributed by atoms with Crippen LogP contribution in [0.4, 0.5) is 0 Å². The third-order valence-corrected chi connectivity index (χ3v) is 1.29. The van der Waals surface area contributed by atoms with E-state index in [1.54, 1.807) is 6.92 Å². The van der Waals surface area contributed by atoms with Crippen LogP contribution in [0.15, 0.2) is 12.2 Å². The maximum Gasteiger partial charge on any atom is 0.340 e. The molecule has 0 aliphatic heterocycles. The lowest BCUT2D eigenvalue weighted by molar-refractivity contribution is -0.157. The lowest BCUT2D eigenvalue weighted by Crippen LogP contribution is -2.15. The van der Waals surface area contributed by atoms with Crippen molar-refractivity contribution in [1.82, 2.24) is 0 Å². The molecule has 0 aliphatic rings. The van der Waals surface area contributed by atoms with Gasteiger partial charge in [-0.3, -0.25) is 9.59 Å². The summed E-state index contributed by atoms with van der Waals surface area (Å²) in [5, 5.41) is 0. The van der Waals surface area contributed by atoms with E-state index in [9.17, 15) is 14.4 Å². The average Bonchev–Trinajstić information content (AvgIpc) is 2.03. The number of carbonyl (C=O) groups is 3. The Bertz CT molecular complexity index is 252. The van der Waals surface area contributed by atoms with Gasteiger partial charge < -0.3 is 4.74 Å². The highest BCUT2D eigenvalue weighted by Crippen LogP contribution is 1.97. The first-order valence-electron chi connectivity index (χ1n) is 3.89. The summed E-state index contributed by atoms with van der Waals surface area (Å²) in [4.78, 5) is 32.3. The number of ether oxygens (including phenoxy) is 1. The third kappa shape index (κ3) is 4.90. The first-order chi connectivity index (χ1) is 5.97. The lowest BCUT2D eigenvalue weighted by Gasteiger charge is -2.00. The molecule has 0 spiro atoms. The molecule has 0 saturated heterocycles. The molecule has 4 nitrogen and oxygen atoms in total. The van der Waals surface area contributed by atoms with E-state index in [-0.39, 0.29) is 24.2 Å². The first-order valence-corrected chi connectivity index (χ1v) is 3.89. The van der Waals surface area contributed by atoms with E-state index in [4.69, 9.17) is 0 Å². The SMILES string of the molecule is C=C(C)C(=O)OC(=O)CC(=O)CC. The number of hydrogen-bond acceptors (Lipinski definition) is 4. The minimum Gasteiger partial charge on any atom is -0.389 e. The van der Waals surface area contributed by atoms with Gasteiger partial charge in [-0.05, 0) is 6.92 Å². The smallest absolute Gasteiger partial charge is 0.340 e. The van der Waals surface area contributed by atoms with Crippen LogP contribution < -0.4 is 0 Å². The molecule has 0 amide bonds. The van der Waals surface area contributed by atoms with Gasteiger partial charge in [-0.2, -0.15) is 0 Å². The van der Waals surface area contributed by atoms with Crippen LogP contribution in [0.3, 0.4) is 0 Å². The van der Waals surface area contributed by atoms with Gasteiger partial charge in [-0.1, -0.05) is 13.5 Å². The summed E-state index contributed by atoms with van der Waals surface area (Å²) in [6, 6.07) is 0. The van der Waals surface area contributed by atoms with Crippen molar-refractivity contribution < 1.29 is 19.1 Å². The largest absolute Gasteiger partial charge is 0.389 e. The Kier molecular flexibility index (Phi) is 4.66. The Balaban J connectivity index is 3.95. The molecule has 13 heavy (non-hydrogen) atoms. The zero-order valence-electron chi connectivity index (χ0n) is 7.75. The van der Waals surface area contributed by atoms with Gasteiger partial charge in [0.25, 0.3) is 0 Å². The van der Waals surface area contributed by atoms with Crippen molar-refractivity contribution in [1.29, 1.82) is 0 Å². The number of esters is 2. The van der Waals surface area contributed by atoms with Crippen LogP contribution >= 0.6 is 0 Å². The zero-order chi connectivity index (χ0) is 10.4. The van der Waals surface area contributed by atoms with E-state index < -0.39 is 11.9 Å². The van der Waals surface area contributed by atoms with Crippen molar-refractivity contribution in [3.05, 3.63) is 12.2 Å². The highest BCUT2D eigenvalue weighted by molar-refractivity contribution is 6.02. The predicted octanol–water partition coefficient (Wildman–Crippen LogP) is 1.00. The van der Waals surface area contributed by atoms with Crippen LogP contribution in [0, 0.1) is 0 Å². The Morgan fingerprint density at radius 3 is 2.23 bits per heavy atom. The summed E-state index contributed by atoms with van der Waals surface area (Å²) < 4.78 is 4.29. The predicted molar refractivity (Wildman–Crippen MR) is 45.8 cm³/mol. The molecule has 0 aromatic carbocycles. The molecular weight excluding hydrogens is 172 g/mol. The van der Waals surface area contributed by atoms with Gasteiger partial charge >= 0.3 is 11.9 Å². The number of Topliss-reactive ketones (excluding diaryl/α,β-unsaturated/α-hetero) is 1. The maximum absolute atomic E-state index is 10.8. The lowest BCUT2D eigenvalue weighted by atomic mass is 10.2. The minimum absolute atomic E-state index is 0.136. The van der Waals surface area contributed by atoms with E-state index in [0.717, 1.165) is 0 Å². The van der Waals surface area contributed by atoms with E-state index in [1.165, 1.54) is 6.92 Å². The summed E-state index contributed by atoms with van der Waals surface area (Å²) in [5.74, 6) is -1.85. The highest BCUT2D eigenvalue weighted by Gasteiger charge is 2.13. The fourth-order valence-corrected chi connectivity index (χ4v) is 0.513.